The Labute approximate surface area is 92.1 Å². The second-order valence-electron chi connectivity index (χ2n) is 4.74. The van der Waals surface area contributed by atoms with E-state index in [1.807, 2.05) is 0 Å². The number of hydrogen-bond acceptors (Lipinski definition) is 2. The molecule has 0 aliphatic rings. The van der Waals surface area contributed by atoms with Crippen molar-refractivity contribution in [3.05, 3.63) is 12.2 Å². The lowest BCUT2D eigenvalue weighted by atomic mass is 9.98. The normalized spacial score (nSPS) is 15.6. The maximum Gasteiger partial charge on any atom is 0.264 e. The zero-order valence-electron chi connectivity index (χ0n) is 10.4. The van der Waals surface area contributed by atoms with Crippen molar-refractivity contribution in [3.63, 3.8) is 0 Å². The summed E-state index contributed by atoms with van der Waals surface area (Å²) in [6, 6.07) is 0. The van der Waals surface area contributed by atoms with Gasteiger partial charge >= 0.3 is 0 Å². The molecule has 0 saturated carbocycles. The Morgan fingerprint density at radius 3 is 2.33 bits per heavy atom. The van der Waals surface area contributed by atoms with Gasteiger partial charge in [0.05, 0.1) is 20.6 Å². The van der Waals surface area contributed by atoms with E-state index in [1.165, 1.54) is 0 Å². The summed E-state index contributed by atoms with van der Waals surface area (Å²) in [4.78, 5) is 11.2. The molecule has 1 atom stereocenters. The van der Waals surface area contributed by atoms with Crippen LogP contribution in [-0.4, -0.2) is 36.7 Å². The van der Waals surface area contributed by atoms with E-state index in [-0.39, 0.29) is 17.0 Å². The summed E-state index contributed by atoms with van der Waals surface area (Å²) in [5.41, 5.74) is 2.14. The number of carbonyl (C=O) groups excluding carboxylic acids is 1. The summed E-state index contributed by atoms with van der Waals surface area (Å²) in [6.07, 6.45) is 0.421. The van der Waals surface area contributed by atoms with Crippen LogP contribution in [0.5, 0.6) is 0 Å². The average molecular weight is 214 g/mol. The third-order valence-electron chi connectivity index (χ3n) is 2.35. The molecule has 0 aliphatic carbocycles. The molecule has 0 bridgehead atoms. The highest BCUT2D eigenvalue weighted by molar-refractivity contribution is 5.74. The van der Waals surface area contributed by atoms with Crippen LogP contribution in [0.3, 0.4) is 0 Å². The van der Waals surface area contributed by atoms with E-state index in [0.29, 0.717) is 12.0 Å². The first-order valence-electron chi connectivity index (χ1n) is 5.11. The zero-order valence-corrected chi connectivity index (χ0v) is 10.4. The molecule has 0 radical (unpaired) electrons. The van der Waals surface area contributed by atoms with E-state index < -0.39 is 5.60 Å². The van der Waals surface area contributed by atoms with Crippen molar-refractivity contribution in [2.24, 2.45) is 0 Å². The number of carbonyl (C=O) groups is 1. The van der Waals surface area contributed by atoms with Crippen LogP contribution < -0.4 is 10.5 Å². The molecule has 15 heavy (non-hydrogen) atoms. The van der Waals surface area contributed by atoms with Crippen LogP contribution in [0.25, 0.3) is 0 Å². The summed E-state index contributed by atoms with van der Waals surface area (Å²) in [5.74, 6) is -0.0579. The molecule has 88 valence electrons. The fourth-order valence-electron chi connectivity index (χ4n) is 1.35. The second-order valence-corrected chi connectivity index (χ2v) is 4.74. The molecule has 4 nitrogen and oxygen atoms in total. The highest BCUT2D eigenvalue weighted by Gasteiger charge is 2.25. The van der Waals surface area contributed by atoms with Gasteiger partial charge in [-0.2, -0.15) is 0 Å². The molecule has 0 rings (SSSR count). The summed E-state index contributed by atoms with van der Waals surface area (Å²) < 4.78 is 0.180. The molecule has 0 aromatic heterocycles. The Morgan fingerprint density at radius 2 is 2.00 bits per heavy atom. The van der Waals surface area contributed by atoms with E-state index in [2.05, 4.69) is 12.0 Å². The number of nitrogens with one attached hydrogen (secondary N) is 1. The predicted molar refractivity (Wildman–Crippen MR) is 58.6 cm³/mol. The van der Waals surface area contributed by atoms with Gasteiger partial charge in [0.1, 0.15) is 0 Å². The molecular weight excluding hydrogens is 192 g/mol. The minimum Gasteiger partial charge on any atom is -0.842 e. The van der Waals surface area contributed by atoms with Crippen LogP contribution in [0.1, 0.15) is 27.2 Å². The van der Waals surface area contributed by atoms with Gasteiger partial charge < -0.3 is 5.11 Å². The highest BCUT2D eigenvalue weighted by atomic mass is 16.3. The standard InChI is InChI=1S/C11H22N2O2/c1-7-10(14)12-13(5,6)8-11(4,15)9(2)3/h2,7-8H2,1,3-6H3,(H,12,14). The molecular formula is C11H22N2O2. The van der Waals surface area contributed by atoms with Gasteiger partial charge in [0, 0.05) is 6.42 Å². The van der Waals surface area contributed by atoms with E-state index in [9.17, 15) is 9.90 Å². The molecule has 1 amide bonds. The maximum absolute atomic E-state index is 12.0. The lowest BCUT2D eigenvalue weighted by Crippen LogP contribution is -2.63. The van der Waals surface area contributed by atoms with Crippen molar-refractivity contribution < 1.29 is 14.5 Å². The van der Waals surface area contributed by atoms with Crippen LogP contribution in [0, 0.1) is 0 Å². The highest BCUT2D eigenvalue weighted by Crippen LogP contribution is 2.13. The van der Waals surface area contributed by atoms with Gasteiger partial charge in [-0.3, -0.25) is 4.79 Å². The first-order valence-corrected chi connectivity index (χ1v) is 5.11. The summed E-state index contributed by atoms with van der Waals surface area (Å²) in [7, 11) is 3.60. The molecule has 4 heteroatoms. The minimum atomic E-state index is -1.22. The Bertz CT molecular complexity index is 257. The van der Waals surface area contributed by atoms with Crippen LogP contribution in [-0.2, 0) is 4.79 Å². The molecule has 0 aliphatic heterocycles. The topological polar surface area (TPSA) is 52.2 Å². The van der Waals surface area contributed by atoms with Gasteiger partial charge in [-0.15, -0.1) is 6.58 Å². The van der Waals surface area contributed by atoms with Gasteiger partial charge in [-0.1, -0.05) is 19.4 Å². The molecule has 0 fully saturated rings. The third-order valence-corrected chi connectivity index (χ3v) is 2.35. The van der Waals surface area contributed by atoms with Crippen LogP contribution in [0.4, 0.5) is 0 Å². The van der Waals surface area contributed by atoms with Crippen LogP contribution in [0.15, 0.2) is 12.2 Å². The number of nitrogens with zero attached hydrogens (tertiary/aromatic N) is 1. The van der Waals surface area contributed by atoms with Crippen molar-refractivity contribution in [3.8, 4) is 0 Å². The van der Waals surface area contributed by atoms with Crippen molar-refractivity contribution in [2.75, 3.05) is 20.6 Å². The fourth-order valence-corrected chi connectivity index (χ4v) is 1.35. The predicted octanol–water partition coefficient (Wildman–Crippen LogP) is 0.199. The van der Waals surface area contributed by atoms with E-state index in [0.717, 1.165) is 0 Å². The van der Waals surface area contributed by atoms with Gasteiger partial charge in [-0.25, -0.2) is 10.0 Å². The first-order chi connectivity index (χ1) is 6.60. The third kappa shape index (κ3) is 4.95. The lowest BCUT2D eigenvalue weighted by molar-refractivity contribution is -0.936. The second kappa shape index (κ2) is 4.77. The Morgan fingerprint density at radius 1 is 1.53 bits per heavy atom. The number of hydrogen-bond donors (Lipinski definition) is 1. The van der Waals surface area contributed by atoms with Crippen LogP contribution in [0.2, 0.25) is 0 Å². The molecule has 1 N–H and O–H groups in total. The summed E-state index contributed by atoms with van der Waals surface area (Å²) in [5, 5.41) is 12.0. The quantitative estimate of drug-likeness (QED) is 0.404. The largest absolute Gasteiger partial charge is 0.842 e. The Balaban J connectivity index is 4.50. The van der Waals surface area contributed by atoms with Crippen molar-refractivity contribution in [2.45, 2.75) is 32.8 Å². The van der Waals surface area contributed by atoms with Crippen molar-refractivity contribution in [1.82, 2.24) is 5.43 Å². The first kappa shape index (κ1) is 14.1. The number of quaternary nitrogens is 1. The molecule has 0 aromatic carbocycles. The number of rotatable bonds is 5. The number of likely N-dealkylation sites (N-methyl/N-ethyl adjacent to an activating group) is 1. The Hall–Kier alpha value is -0.870. The van der Waals surface area contributed by atoms with E-state index in [4.69, 9.17) is 0 Å². The summed E-state index contributed by atoms with van der Waals surface area (Å²) in [6.45, 7) is 9.05. The molecule has 1 unspecified atom stereocenters. The Kier molecular flexibility index (Phi) is 4.49. The van der Waals surface area contributed by atoms with Gasteiger partial charge in [-0.05, 0) is 12.5 Å². The number of amides is 1. The SMILES string of the molecule is C=C(C)C(C)([O-])C[N+](C)(C)NC(=O)CC. The smallest absolute Gasteiger partial charge is 0.264 e. The van der Waals surface area contributed by atoms with Crippen molar-refractivity contribution >= 4 is 5.91 Å². The molecule has 0 aromatic rings. The molecule has 0 heterocycles. The zero-order chi connectivity index (χ0) is 12.3. The maximum atomic E-state index is 12.0. The van der Waals surface area contributed by atoms with Gasteiger partial charge in [0.2, 0.25) is 0 Å². The lowest BCUT2D eigenvalue weighted by Gasteiger charge is -2.43. The van der Waals surface area contributed by atoms with E-state index >= 15 is 0 Å². The van der Waals surface area contributed by atoms with Gasteiger partial charge in [0.25, 0.3) is 5.91 Å². The van der Waals surface area contributed by atoms with E-state index in [1.54, 1.807) is 34.9 Å². The molecule has 0 spiro atoms. The monoisotopic (exact) mass is 214 g/mol. The molecule has 0 saturated heterocycles. The minimum absolute atomic E-state index is 0.0579. The average Bonchev–Trinajstić information content (AvgIpc) is 2.00. The van der Waals surface area contributed by atoms with Crippen molar-refractivity contribution in [1.29, 1.82) is 0 Å². The fraction of sp³-hybridized carbons (Fsp3) is 0.727. The van der Waals surface area contributed by atoms with Crippen LogP contribution >= 0.6 is 0 Å². The summed E-state index contributed by atoms with van der Waals surface area (Å²) >= 11 is 0. The van der Waals surface area contributed by atoms with Gasteiger partial charge in [0.15, 0.2) is 0 Å².